The third-order valence-electron chi connectivity index (χ3n) is 1.08. The molecule has 0 spiro atoms. The molecule has 74 valence electrons. The maximum absolute atomic E-state index is 11.4. The van der Waals surface area contributed by atoms with Crippen molar-refractivity contribution in [2.75, 3.05) is 7.11 Å². The Morgan fingerprint density at radius 2 is 1.75 bits per heavy atom. The van der Waals surface area contributed by atoms with Crippen LogP contribution in [0.25, 0.3) is 0 Å². The average Bonchev–Trinajstić information content (AvgIpc) is 2.03. The molecule has 0 atom stereocenters. The van der Waals surface area contributed by atoms with E-state index in [-0.39, 0.29) is 18.6 Å². The van der Waals surface area contributed by atoms with E-state index in [1.165, 1.54) is 0 Å². The molecule has 0 unspecified atom stereocenters. The number of aliphatic hydroxyl groups excluding tert-OH is 1. The maximum Gasteiger partial charge on any atom is 0.389 e. The van der Waals surface area contributed by atoms with Gasteiger partial charge in [-0.25, -0.2) is 0 Å². The van der Waals surface area contributed by atoms with Crippen LogP contribution in [-0.2, 0) is 4.79 Å². The summed E-state index contributed by atoms with van der Waals surface area (Å²) in [6.07, 6.45) is -5.36. The number of Topliss-reactive ketones (excluding diaryl/α,β-unsaturated/α-hetero) is 1. The number of hydrogen-bond acceptors (Lipinski definition) is 2. The molecule has 0 amide bonds. The maximum atomic E-state index is 11.4. The molecule has 0 aromatic heterocycles. The van der Waals surface area contributed by atoms with Crippen molar-refractivity contribution in [1.82, 2.24) is 0 Å². The lowest BCUT2D eigenvalue weighted by molar-refractivity contribution is -0.143. The van der Waals surface area contributed by atoms with E-state index in [9.17, 15) is 18.0 Å². The number of carbonyl (C=O) groups is 1. The molecule has 0 aromatic rings. The predicted molar refractivity (Wildman–Crippen MR) is 38.7 cm³/mol. The van der Waals surface area contributed by atoms with Crippen molar-refractivity contribution in [3.63, 3.8) is 0 Å². The molecule has 0 aromatic carbocycles. The smallest absolute Gasteiger partial charge is 0.389 e. The minimum absolute atomic E-state index is 0.191. The van der Waals surface area contributed by atoms with E-state index in [1.54, 1.807) is 6.92 Å². The largest absolute Gasteiger partial charge is 0.400 e. The molecule has 0 aliphatic carbocycles. The van der Waals surface area contributed by atoms with E-state index >= 15 is 0 Å². The highest BCUT2D eigenvalue weighted by Gasteiger charge is 2.27. The van der Waals surface area contributed by atoms with E-state index in [4.69, 9.17) is 5.11 Å². The van der Waals surface area contributed by atoms with Gasteiger partial charge in [-0.2, -0.15) is 13.2 Å². The number of rotatable bonds is 3. The molecule has 12 heavy (non-hydrogen) atoms. The summed E-state index contributed by atoms with van der Waals surface area (Å²) in [5.74, 6) is -0.336. The van der Waals surface area contributed by atoms with Crippen molar-refractivity contribution in [3.05, 3.63) is 0 Å². The fourth-order valence-electron chi connectivity index (χ4n) is 0.458. The predicted octanol–water partition coefficient (Wildman–Crippen LogP) is 1.92. The van der Waals surface area contributed by atoms with Crippen LogP contribution >= 0.6 is 0 Å². The summed E-state index contributed by atoms with van der Waals surface area (Å²) in [7, 11) is 1.00. The number of ketones is 1. The van der Waals surface area contributed by atoms with E-state index < -0.39 is 12.6 Å². The summed E-state index contributed by atoms with van der Waals surface area (Å²) >= 11 is 0. The first-order chi connectivity index (χ1) is 5.45. The van der Waals surface area contributed by atoms with Gasteiger partial charge in [-0.3, -0.25) is 4.79 Å². The van der Waals surface area contributed by atoms with Crippen LogP contribution < -0.4 is 0 Å². The summed E-state index contributed by atoms with van der Waals surface area (Å²) in [4.78, 5) is 10.4. The monoisotopic (exact) mass is 186 g/mol. The van der Waals surface area contributed by atoms with Crippen LogP contribution in [0.2, 0.25) is 0 Å². The van der Waals surface area contributed by atoms with Crippen LogP contribution in [0.4, 0.5) is 13.2 Å². The Labute approximate surface area is 69.4 Å². The molecule has 2 nitrogen and oxygen atoms in total. The minimum Gasteiger partial charge on any atom is -0.400 e. The van der Waals surface area contributed by atoms with Gasteiger partial charge in [0.1, 0.15) is 5.78 Å². The second-order valence-electron chi connectivity index (χ2n) is 2.01. The van der Waals surface area contributed by atoms with Crippen molar-refractivity contribution in [2.45, 2.75) is 32.4 Å². The second kappa shape index (κ2) is 7.09. The number of hydrogen-bond donors (Lipinski definition) is 1. The zero-order chi connectivity index (χ0) is 10.2. The quantitative estimate of drug-likeness (QED) is 0.731. The van der Waals surface area contributed by atoms with Crippen molar-refractivity contribution >= 4 is 5.78 Å². The van der Waals surface area contributed by atoms with Gasteiger partial charge in [-0.15, -0.1) is 0 Å². The Morgan fingerprint density at radius 1 is 1.33 bits per heavy atom. The number of carbonyl (C=O) groups excluding carboxylic acids is 1. The molecule has 0 saturated heterocycles. The molecule has 0 radical (unpaired) electrons. The van der Waals surface area contributed by atoms with Gasteiger partial charge in [-0.05, 0) is 0 Å². The van der Waals surface area contributed by atoms with Crippen LogP contribution in [0.3, 0.4) is 0 Å². The number of aliphatic hydroxyl groups is 1. The van der Waals surface area contributed by atoms with Crippen LogP contribution in [0, 0.1) is 0 Å². The Morgan fingerprint density at radius 3 is 2.00 bits per heavy atom. The first-order valence-corrected chi connectivity index (χ1v) is 3.49. The summed E-state index contributed by atoms with van der Waals surface area (Å²) in [6.45, 7) is 1.55. The zero-order valence-electron chi connectivity index (χ0n) is 7.11. The Balaban J connectivity index is 0. The fraction of sp³-hybridized carbons (Fsp3) is 0.857. The highest BCUT2D eigenvalue weighted by molar-refractivity contribution is 5.77. The van der Waals surface area contributed by atoms with Gasteiger partial charge in [0.2, 0.25) is 0 Å². The third-order valence-corrected chi connectivity index (χ3v) is 1.08. The standard InChI is InChI=1S/C6H9F3O.CH4O/c1-2-5(10)3-4-6(7,8)9;1-2/h2-4H2,1H3;2H,1H3. The van der Waals surface area contributed by atoms with Gasteiger partial charge in [0.25, 0.3) is 0 Å². The molecule has 1 N–H and O–H groups in total. The molecule has 0 fully saturated rings. The summed E-state index contributed by atoms with van der Waals surface area (Å²) in [5.41, 5.74) is 0. The first kappa shape index (κ1) is 14.0. The Bertz CT molecular complexity index is 120. The zero-order valence-corrected chi connectivity index (χ0v) is 7.11. The van der Waals surface area contributed by atoms with Crippen LogP contribution in [0.5, 0.6) is 0 Å². The molecule has 5 heteroatoms. The summed E-state index contributed by atoms with van der Waals surface area (Å²) in [5, 5.41) is 7.00. The van der Waals surface area contributed by atoms with Crippen LogP contribution in [0.15, 0.2) is 0 Å². The topological polar surface area (TPSA) is 37.3 Å². The van der Waals surface area contributed by atoms with E-state index in [0.717, 1.165) is 7.11 Å². The van der Waals surface area contributed by atoms with Crippen molar-refractivity contribution < 1.29 is 23.1 Å². The highest BCUT2D eigenvalue weighted by atomic mass is 19.4. The van der Waals surface area contributed by atoms with E-state index in [1.807, 2.05) is 0 Å². The molecular formula is C7H13F3O2. The van der Waals surface area contributed by atoms with Crippen molar-refractivity contribution in [2.24, 2.45) is 0 Å². The van der Waals surface area contributed by atoms with Gasteiger partial charge >= 0.3 is 6.18 Å². The average molecular weight is 186 g/mol. The second-order valence-corrected chi connectivity index (χ2v) is 2.01. The minimum atomic E-state index is -4.19. The molecule has 0 aliphatic heterocycles. The number of halogens is 3. The number of alkyl halides is 3. The molecule has 0 bridgehead atoms. The normalized spacial score (nSPS) is 10.2. The molecule has 0 heterocycles. The van der Waals surface area contributed by atoms with Gasteiger partial charge in [0.15, 0.2) is 0 Å². The Kier molecular flexibility index (Phi) is 8.26. The van der Waals surface area contributed by atoms with Gasteiger partial charge in [0.05, 0.1) is 6.42 Å². The van der Waals surface area contributed by atoms with Crippen molar-refractivity contribution in [3.8, 4) is 0 Å². The van der Waals surface area contributed by atoms with E-state index in [2.05, 4.69) is 0 Å². The van der Waals surface area contributed by atoms with Crippen LogP contribution in [-0.4, -0.2) is 24.2 Å². The highest BCUT2D eigenvalue weighted by Crippen LogP contribution is 2.21. The van der Waals surface area contributed by atoms with Gasteiger partial charge < -0.3 is 5.11 Å². The molecule has 0 saturated carbocycles. The molecule has 0 aliphatic rings. The lowest BCUT2D eigenvalue weighted by Crippen LogP contribution is -2.09. The molecular weight excluding hydrogens is 173 g/mol. The Hall–Kier alpha value is -0.580. The van der Waals surface area contributed by atoms with Crippen molar-refractivity contribution in [1.29, 1.82) is 0 Å². The molecule has 0 rings (SSSR count). The lowest BCUT2D eigenvalue weighted by Gasteiger charge is -2.02. The van der Waals surface area contributed by atoms with Gasteiger partial charge in [0, 0.05) is 20.0 Å². The fourth-order valence-corrected chi connectivity index (χ4v) is 0.458. The van der Waals surface area contributed by atoms with E-state index in [0.29, 0.717) is 0 Å². The SMILES string of the molecule is CCC(=O)CCC(F)(F)F.CO. The summed E-state index contributed by atoms with van der Waals surface area (Å²) in [6, 6.07) is 0. The first-order valence-electron chi connectivity index (χ1n) is 3.49. The van der Waals surface area contributed by atoms with Crippen LogP contribution in [0.1, 0.15) is 26.2 Å². The lowest BCUT2D eigenvalue weighted by atomic mass is 10.2. The summed E-state index contributed by atoms with van der Waals surface area (Å²) < 4.78 is 34.2. The van der Waals surface area contributed by atoms with Gasteiger partial charge in [-0.1, -0.05) is 6.92 Å². The third kappa shape index (κ3) is 12.1.